The van der Waals surface area contributed by atoms with Crippen molar-refractivity contribution in [2.45, 2.75) is 31.6 Å². The lowest BCUT2D eigenvalue weighted by molar-refractivity contribution is -0.136. The van der Waals surface area contributed by atoms with E-state index in [9.17, 15) is 9.59 Å². The van der Waals surface area contributed by atoms with Gasteiger partial charge in [0.05, 0.1) is 0 Å². The number of aliphatic carboxylic acids is 1. The van der Waals surface area contributed by atoms with Crippen LogP contribution in [0.1, 0.15) is 36.3 Å². The van der Waals surface area contributed by atoms with Gasteiger partial charge in [0.2, 0.25) is 0 Å². The lowest BCUT2D eigenvalue weighted by atomic mass is 10.1. The van der Waals surface area contributed by atoms with E-state index < -0.39 is 5.97 Å². The summed E-state index contributed by atoms with van der Waals surface area (Å²) in [5.74, 6) is 0.286. The number of hydrogen-bond acceptors (Lipinski definition) is 3. The number of aryl methyl sites for hydroxylation is 1. The summed E-state index contributed by atoms with van der Waals surface area (Å²) in [5, 5.41) is 14.2. The molecule has 6 nitrogen and oxygen atoms in total. The molecule has 0 atom stereocenters. The number of carboxylic acids is 1. The van der Waals surface area contributed by atoms with Gasteiger partial charge in [0.25, 0.3) is 0 Å². The molecule has 6 heteroatoms. The lowest BCUT2D eigenvalue weighted by Crippen LogP contribution is -2.20. The number of carboxylic acid groups (broad SMARTS) is 1. The minimum atomic E-state index is -0.840. The zero-order valence-electron chi connectivity index (χ0n) is 13.2. The predicted molar refractivity (Wildman–Crippen MR) is 91.3 cm³/mol. The van der Waals surface area contributed by atoms with Gasteiger partial charge in [-0.15, -0.1) is 0 Å². The highest BCUT2D eigenvalue weighted by Gasteiger charge is 2.23. The van der Waals surface area contributed by atoms with Crippen LogP contribution in [0.15, 0.2) is 42.6 Å². The molecular formula is C18H19N3O3. The average Bonchev–Trinajstić information content (AvgIpc) is 3.38. The first kappa shape index (κ1) is 16.0. The van der Waals surface area contributed by atoms with Gasteiger partial charge in [0.15, 0.2) is 0 Å². The Morgan fingerprint density at radius 2 is 2.00 bits per heavy atom. The van der Waals surface area contributed by atoms with Crippen LogP contribution in [0.3, 0.4) is 0 Å². The molecule has 0 spiro atoms. The van der Waals surface area contributed by atoms with Crippen molar-refractivity contribution < 1.29 is 14.7 Å². The van der Waals surface area contributed by atoms with Gasteiger partial charge in [-0.05, 0) is 60.6 Å². The molecule has 0 radical (unpaired) electrons. The highest BCUT2D eigenvalue weighted by molar-refractivity contribution is 5.99. The maximum absolute atomic E-state index is 12.1. The predicted octanol–water partition coefficient (Wildman–Crippen LogP) is 3.62. The first-order valence-corrected chi connectivity index (χ1v) is 7.95. The zero-order valence-corrected chi connectivity index (χ0v) is 13.2. The van der Waals surface area contributed by atoms with Gasteiger partial charge in [0, 0.05) is 18.3 Å². The molecule has 1 aliphatic carbocycles. The molecule has 124 valence electrons. The zero-order chi connectivity index (χ0) is 16.9. The quantitative estimate of drug-likeness (QED) is 0.756. The van der Waals surface area contributed by atoms with E-state index >= 15 is 0 Å². The Morgan fingerprint density at radius 3 is 2.75 bits per heavy atom. The topological polar surface area (TPSA) is 91.3 Å². The summed E-state index contributed by atoms with van der Waals surface area (Å²) < 4.78 is 0. The molecular weight excluding hydrogens is 306 g/mol. The second kappa shape index (κ2) is 7.12. The van der Waals surface area contributed by atoms with Crippen LogP contribution in [0.2, 0.25) is 0 Å². The van der Waals surface area contributed by atoms with Crippen molar-refractivity contribution in [3.8, 4) is 0 Å². The summed E-state index contributed by atoms with van der Waals surface area (Å²) in [7, 11) is 0. The lowest BCUT2D eigenvalue weighted by Gasteiger charge is -2.09. The molecule has 1 heterocycles. The van der Waals surface area contributed by atoms with E-state index in [4.69, 9.17) is 5.11 Å². The molecule has 0 bridgehead atoms. The maximum atomic E-state index is 12.1. The fourth-order valence-corrected chi connectivity index (χ4v) is 2.52. The fourth-order valence-electron chi connectivity index (χ4n) is 2.52. The number of urea groups is 1. The molecule has 0 saturated heterocycles. The Bertz CT molecular complexity index is 757. The van der Waals surface area contributed by atoms with E-state index in [1.54, 1.807) is 24.4 Å². The molecule has 1 aromatic carbocycles. The molecule has 3 rings (SSSR count). The third-order valence-corrected chi connectivity index (χ3v) is 3.89. The molecule has 2 aromatic rings. The Hall–Kier alpha value is -2.89. The summed E-state index contributed by atoms with van der Waals surface area (Å²) >= 11 is 0. The van der Waals surface area contributed by atoms with E-state index in [2.05, 4.69) is 15.6 Å². The Morgan fingerprint density at radius 1 is 1.17 bits per heavy atom. The van der Waals surface area contributed by atoms with Crippen molar-refractivity contribution in [1.82, 2.24) is 4.98 Å². The number of pyridine rings is 1. The van der Waals surface area contributed by atoms with Gasteiger partial charge in [-0.2, -0.15) is 0 Å². The smallest absolute Gasteiger partial charge is 0.324 e. The van der Waals surface area contributed by atoms with E-state index in [1.165, 1.54) is 18.4 Å². The van der Waals surface area contributed by atoms with Gasteiger partial charge >= 0.3 is 12.0 Å². The van der Waals surface area contributed by atoms with Crippen LogP contribution in [0.4, 0.5) is 16.3 Å². The normalized spacial score (nSPS) is 13.3. The number of carbonyl (C=O) groups is 2. The summed E-state index contributed by atoms with van der Waals surface area (Å²) in [6.07, 6.45) is 4.58. The van der Waals surface area contributed by atoms with Crippen molar-refractivity contribution in [3.63, 3.8) is 0 Å². The van der Waals surface area contributed by atoms with E-state index in [0.29, 0.717) is 23.8 Å². The van der Waals surface area contributed by atoms with Crippen molar-refractivity contribution in [1.29, 1.82) is 0 Å². The molecule has 1 fully saturated rings. The Kier molecular flexibility index (Phi) is 4.74. The first-order chi connectivity index (χ1) is 11.6. The van der Waals surface area contributed by atoms with Gasteiger partial charge < -0.3 is 10.4 Å². The van der Waals surface area contributed by atoms with E-state index in [1.807, 2.05) is 18.2 Å². The monoisotopic (exact) mass is 325 g/mol. The van der Waals surface area contributed by atoms with Crippen molar-refractivity contribution in [2.75, 3.05) is 10.6 Å². The number of carbonyl (C=O) groups excluding carboxylic acids is 1. The van der Waals surface area contributed by atoms with E-state index in [-0.39, 0.29) is 12.5 Å². The van der Waals surface area contributed by atoms with E-state index in [0.717, 1.165) is 5.56 Å². The SMILES string of the molecule is O=C(O)CCc1cccc(NC(=O)Nc2cc(C3CC3)ccn2)c1. The summed E-state index contributed by atoms with van der Waals surface area (Å²) in [6, 6.07) is 10.7. The molecule has 1 aromatic heterocycles. The summed E-state index contributed by atoms with van der Waals surface area (Å²) in [6.45, 7) is 0. The van der Waals surface area contributed by atoms with Crippen LogP contribution in [0.5, 0.6) is 0 Å². The van der Waals surface area contributed by atoms with Crippen LogP contribution in [-0.2, 0) is 11.2 Å². The summed E-state index contributed by atoms with van der Waals surface area (Å²) in [4.78, 5) is 26.9. The largest absolute Gasteiger partial charge is 0.481 e. The highest BCUT2D eigenvalue weighted by atomic mass is 16.4. The first-order valence-electron chi connectivity index (χ1n) is 7.95. The molecule has 3 N–H and O–H groups in total. The molecule has 2 amide bonds. The third kappa shape index (κ3) is 4.55. The number of nitrogens with one attached hydrogen (secondary N) is 2. The standard InChI is InChI=1S/C18H19N3O3/c22-17(23)7-4-12-2-1-3-15(10-12)20-18(24)21-16-11-14(8-9-19-16)13-5-6-13/h1-3,8-11,13H,4-7H2,(H,22,23)(H2,19,20,21,24). The number of aromatic nitrogens is 1. The highest BCUT2D eigenvalue weighted by Crippen LogP contribution is 2.40. The molecule has 0 unspecified atom stereocenters. The minimum Gasteiger partial charge on any atom is -0.481 e. The second-order valence-corrected chi connectivity index (χ2v) is 5.92. The van der Waals surface area contributed by atoms with Crippen molar-refractivity contribution in [3.05, 3.63) is 53.7 Å². The van der Waals surface area contributed by atoms with Crippen molar-refractivity contribution >= 4 is 23.5 Å². The van der Waals surface area contributed by atoms with Crippen LogP contribution in [0.25, 0.3) is 0 Å². The van der Waals surface area contributed by atoms with Gasteiger partial charge in [-0.1, -0.05) is 12.1 Å². The molecule has 24 heavy (non-hydrogen) atoms. The maximum Gasteiger partial charge on any atom is 0.324 e. The number of benzene rings is 1. The number of amides is 2. The third-order valence-electron chi connectivity index (χ3n) is 3.89. The van der Waals surface area contributed by atoms with Crippen LogP contribution >= 0.6 is 0 Å². The summed E-state index contributed by atoms with van der Waals surface area (Å²) in [5.41, 5.74) is 2.69. The van der Waals surface area contributed by atoms with Gasteiger partial charge in [-0.25, -0.2) is 9.78 Å². The van der Waals surface area contributed by atoms with Gasteiger partial charge in [-0.3, -0.25) is 10.1 Å². The minimum absolute atomic E-state index is 0.0630. The number of rotatable bonds is 6. The van der Waals surface area contributed by atoms with Gasteiger partial charge in [0.1, 0.15) is 5.82 Å². The van der Waals surface area contributed by atoms with Crippen LogP contribution < -0.4 is 10.6 Å². The Labute approximate surface area is 139 Å². The number of hydrogen-bond donors (Lipinski definition) is 3. The molecule has 0 aliphatic heterocycles. The average molecular weight is 325 g/mol. The molecule has 1 saturated carbocycles. The number of anilines is 2. The fraction of sp³-hybridized carbons (Fsp3) is 0.278. The molecule has 1 aliphatic rings. The second-order valence-electron chi connectivity index (χ2n) is 5.92. The Balaban J connectivity index is 1.59. The van der Waals surface area contributed by atoms with Crippen molar-refractivity contribution in [2.24, 2.45) is 0 Å². The number of nitrogens with zero attached hydrogens (tertiary/aromatic N) is 1. The van der Waals surface area contributed by atoms with Crippen LogP contribution in [0, 0.1) is 0 Å². The van der Waals surface area contributed by atoms with Crippen LogP contribution in [-0.4, -0.2) is 22.1 Å².